The highest BCUT2D eigenvalue weighted by Gasteiger charge is 2.31. The number of nitrogens with two attached hydrogens (primary N) is 1. The molecule has 4 rings (SSSR count). The standard InChI is InChI=1S/C31H40N4O2/c1-4-6-16-33(17-7-5-2)30(36)26-18-23(3)34(22-26)29-15-11-10-14-28(29)31(37)35-21-25-13-9-8-12-24(25)19-27(35)20-32/h8-15,18,22,27H,4-7,16-17,19-21,32H2,1-3H3/t27-/m0/s1. The van der Waals surface area contributed by atoms with E-state index in [1.165, 1.54) is 11.1 Å². The van der Waals surface area contributed by atoms with Gasteiger partial charge in [-0.25, -0.2) is 0 Å². The Hall–Kier alpha value is -3.38. The Morgan fingerprint density at radius 3 is 2.30 bits per heavy atom. The van der Waals surface area contributed by atoms with E-state index in [1.54, 1.807) is 0 Å². The van der Waals surface area contributed by atoms with Crippen LogP contribution in [-0.4, -0.2) is 51.9 Å². The van der Waals surface area contributed by atoms with Gasteiger partial charge >= 0.3 is 0 Å². The molecule has 2 aromatic carbocycles. The van der Waals surface area contributed by atoms with E-state index in [0.717, 1.165) is 56.6 Å². The minimum Gasteiger partial charge on any atom is -0.339 e. The molecule has 0 unspecified atom stereocenters. The summed E-state index contributed by atoms with van der Waals surface area (Å²) >= 11 is 0. The molecule has 1 atom stereocenters. The van der Waals surface area contributed by atoms with Crippen molar-refractivity contribution < 1.29 is 9.59 Å². The van der Waals surface area contributed by atoms with Crippen molar-refractivity contribution in [3.8, 4) is 5.69 Å². The fourth-order valence-corrected chi connectivity index (χ4v) is 5.20. The Balaban J connectivity index is 1.64. The van der Waals surface area contributed by atoms with Gasteiger partial charge in [0.2, 0.25) is 0 Å². The summed E-state index contributed by atoms with van der Waals surface area (Å²) in [5.74, 6) is 0.0254. The molecule has 0 saturated carbocycles. The number of amides is 2. The second kappa shape index (κ2) is 12.2. The van der Waals surface area contributed by atoms with Gasteiger partial charge in [-0.3, -0.25) is 9.59 Å². The molecule has 0 spiro atoms. The van der Waals surface area contributed by atoms with Crippen LogP contribution in [0.1, 0.15) is 77.1 Å². The summed E-state index contributed by atoms with van der Waals surface area (Å²) in [4.78, 5) is 31.3. The molecule has 2 N–H and O–H groups in total. The maximum Gasteiger partial charge on any atom is 0.256 e. The molecular formula is C31H40N4O2. The van der Waals surface area contributed by atoms with Crippen LogP contribution in [0.15, 0.2) is 60.8 Å². The zero-order chi connectivity index (χ0) is 26.4. The van der Waals surface area contributed by atoms with Crippen LogP contribution in [0.2, 0.25) is 0 Å². The van der Waals surface area contributed by atoms with Crippen LogP contribution in [-0.2, 0) is 13.0 Å². The van der Waals surface area contributed by atoms with Crippen molar-refractivity contribution in [1.82, 2.24) is 14.4 Å². The van der Waals surface area contributed by atoms with Crippen LogP contribution in [0.3, 0.4) is 0 Å². The number of fused-ring (bicyclic) bond motifs is 1. The van der Waals surface area contributed by atoms with Gasteiger partial charge in [0.15, 0.2) is 0 Å². The number of hydrogen-bond acceptors (Lipinski definition) is 3. The monoisotopic (exact) mass is 500 g/mol. The summed E-state index contributed by atoms with van der Waals surface area (Å²) in [6.07, 6.45) is 6.74. The van der Waals surface area contributed by atoms with E-state index in [1.807, 2.05) is 70.0 Å². The highest BCUT2D eigenvalue weighted by molar-refractivity contribution is 5.99. The lowest BCUT2D eigenvalue weighted by Gasteiger charge is -2.36. The number of rotatable bonds is 10. The number of carbonyl (C=O) groups excluding carboxylic acids is 2. The normalized spacial score (nSPS) is 14.9. The first-order valence-electron chi connectivity index (χ1n) is 13.6. The number of para-hydroxylation sites is 1. The zero-order valence-corrected chi connectivity index (χ0v) is 22.5. The Morgan fingerprint density at radius 1 is 0.973 bits per heavy atom. The second-order valence-electron chi connectivity index (χ2n) is 10.1. The fourth-order valence-electron chi connectivity index (χ4n) is 5.20. The van der Waals surface area contributed by atoms with Gasteiger partial charge in [0.1, 0.15) is 0 Å². The van der Waals surface area contributed by atoms with Crippen molar-refractivity contribution in [3.05, 3.63) is 88.7 Å². The van der Waals surface area contributed by atoms with Crippen molar-refractivity contribution in [3.63, 3.8) is 0 Å². The van der Waals surface area contributed by atoms with E-state index in [2.05, 4.69) is 26.0 Å². The third-order valence-corrected chi connectivity index (χ3v) is 7.39. The Labute approximate surface area is 221 Å². The molecule has 1 aromatic heterocycles. The van der Waals surface area contributed by atoms with E-state index in [-0.39, 0.29) is 17.9 Å². The first-order valence-corrected chi connectivity index (χ1v) is 13.6. The third-order valence-electron chi connectivity index (χ3n) is 7.39. The molecular weight excluding hydrogens is 460 g/mol. The van der Waals surface area contributed by atoms with Crippen molar-refractivity contribution in [1.29, 1.82) is 0 Å². The van der Waals surface area contributed by atoms with Crippen LogP contribution >= 0.6 is 0 Å². The number of hydrogen-bond donors (Lipinski definition) is 1. The van der Waals surface area contributed by atoms with Crippen molar-refractivity contribution >= 4 is 11.8 Å². The van der Waals surface area contributed by atoms with Crippen molar-refractivity contribution in [2.45, 2.75) is 65.5 Å². The molecule has 2 heterocycles. The highest BCUT2D eigenvalue weighted by atomic mass is 16.2. The molecule has 0 bridgehead atoms. The van der Waals surface area contributed by atoms with E-state index >= 15 is 0 Å². The predicted octanol–water partition coefficient (Wildman–Crippen LogP) is 5.35. The van der Waals surface area contributed by atoms with Gasteiger partial charge in [-0.05, 0) is 55.5 Å². The molecule has 6 heteroatoms. The van der Waals surface area contributed by atoms with Gasteiger partial charge in [-0.15, -0.1) is 0 Å². The minimum atomic E-state index is -0.0518. The first kappa shape index (κ1) is 26.7. The zero-order valence-electron chi connectivity index (χ0n) is 22.5. The summed E-state index contributed by atoms with van der Waals surface area (Å²) in [6, 6.07) is 17.8. The molecule has 6 nitrogen and oxygen atoms in total. The smallest absolute Gasteiger partial charge is 0.256 e. The minimum absolute atomic E-state index is 0.0333. The number of carbonyl (C=O) groups is 2. The predicted molar refractivity (Wildman–Crippen MR) is 149 cm³/mol. The fraction of sp³-hybridized carbons (Fsp3) is 0.419. The number of nitrogens with zero attached hydrogens (tertiary/aromatic N) is 3. The van der Waals surface area contributed by atoms with Gasteiger partial charge in [-0.2, -0.15) is 0 Å². The summed E-state index contributed by atoms with van der Waals surface area (Å²) in [6.45, 7) is 8.77. The number of benzene rings is 2. The molecule has 1 aliphatic rings. The van der Waals surface area contributed by atoms with Crippen LogP contribution in [0.4, 0.5) is 0 Å². The van der Waals surface area contributed by atoms with Crippen molar-refractivity contribution in [2.75, 3.05) is 19.6 Å². The molecule has 0 radical (unpaired) electrons. The Bertz CT molecular complexity index is 1220. The van der Waals surface area contributed by atoms with Crippen molar-refractivity contribution in [2.24, 2.45) is 5.73 Å². The summed E-state index contributed by atoms with van der Waals surface area (Å²) in [5, 5.41) is 0. The SMILES string of the molecule is CCCCN(CCCC)C(=O)c1cc(C)n(-c2ccccc2C(=O)N2Cc3ccccc3C[C@H]2CN)c1. The molecule has 0 saturated heterocycles. The first-order chi connectivity index (χ1) is 18.0. The van der Waals surface area contributed by atoms with Gasteiger partial charge in [0.25, 0.3) is 11.8 Å². The summed E-state index contributed by atoms with van der Waals surface area (Å²) in [7, 11) is 0. The number of aryl methyl sites for hydroxylation is 1. The summed E-state index contributed by atoms with van der Waals surface area (Å²) < 4.78 is 1.98. The maximum atomic E-state index is 14.0. The maximum absolute atomic E-state index is 14.0. The third kappa shape index (κ3) is 5.80. The molecule has 37 heavy (non-hydrogen) atoms. The van der Waals surface area contributed by atoms with Crippen LogP contribution in [0.25, 0.3) is 5.69 Å². The highest BCUT2D eigenvalue weighted by Crippen LogP contribution is 2.27. The van der Waals surface area contributed by atoms with E-state index in [4.69, 9.17) is 5.73 Å². The second-order valence-corrected chi connectivity index (χ2v) is 10.1. The van der Waals surface area contributed by atoms with Gasteiger partial charge in [0, 0.05) is 44.1 Å². The topological polar surface area (TPSA) is 71.6 Å². The summed E-state index contributed by atoms with van der Waals surface area (Å²) in [5.41, 5.74) is 11.6. The molecule has 0 fully saturated rings. The lowest BCUT2D eigenvalue weighted by atomic mass is 9.93. The molecule has 196 valence electrons. The molecule has 1 aliphatic heterocycles. The molecule has 2 amide bonds. The van der Waals surface area contributed by atoms with Gasteiger partial charge < -0.3 is 20.1 Å². The lowest BCUT2D eigenvalue weighted by molar-refractivity contribution is 0.0647. The largest absolute Gasteiger partial charge is 0.339 e. The van der Waals surface area contributed by atoms with Crippen LogP contribution in [0, 0.1) is 6.92 Å². The Kier molecular flexibility index (Phi) is 8.82. The average molecular weight is 501 g/mol. The number of unbranched alkanes of at least 4 members (excludes halogenated alkanes) is 2. The van der Waals surface area contributed by atoms with Crippen LogP contribution in [0.5, 0.6) is 0 Å². The molecule has 3 aromatic rings. The quantitative estimate of drug-likeness (QED) is 0.408. The van der Waals surface area contributed by atoms with Gasteiger partial charge in [-0.1, -0.05) is 63.1 Å². The van der Waals surface area contributed by atoms with Crippen LogP contribution < -0.4 is 5.73 Å². The van der Waals surface area contributed by atoms with Gasteiger partial charge in [0.05, 0.1) is 16.8 Å². The number of aromatic nitrogens is 1. The Morgan fingerprint density at radius 2 is 1.62 bits per heavy atom. The lowest BCUT2D eigenvalue weighted by Crippen LogP contribution is -2.48. The average Bonchev–Trinajstić information content (AvgIpc) is 3.32. The van der Waals surface area contributed by atoms with E-state index in [0.29, 0.717) is 24.2 Å². The molecule has 0 aliphatic carbocycles. The van der Waals surface area contributed by atoms with E-state index < -0.39 is 0 Å². The van der Waals surface area contributed by atoms with E-state index in [9.17, 15) is 9.59 Å².